The van der Waals surface area contributed by atoms with Crippen LogP contribution in [0.5, 0.6) is 0 Å². The summed E-state index contributed by atoms with van der Waals surface area (Å²) in [5.74, 6) is 0. The molecule has 0 aliphatic rings. The van der Waals surface area contributed by atoms with Crippen molar-refractivity contribution in [2.45, 2.75) is 0 Å². The van der Waals surface area contributed by atoms with Crippen LogP contribution in [0.2, 0.25) is 0 Å². The first-order valence-corrected chi connectivity index (χ1v) is 4.35. The average molecular weight is 217 g/mol. The van der Waals surface area contributed by atoms with Crippen LogP contribution in [0.1, 0.15) is 0 Å². The Labute approximate surface area is 71.6 Å². The van der Waals surface area contributed by atoms with Gasteiger partial charge in [-0.1, -0.05) is 0 Å². The van der Waals surface area contributed by atoms with Gasteiger partial charge in [0.25, 0.3) is 0 Å². The van der Waals surface area contributed by atoms with Crippen LogP contribution in [0.4, 0.5) is 5.00 Å². The molecule has 0 radical (unpaired) electrons. The van der Waals surface area contributed by atoms with Crippen molar-refractivity contribution in [2.75, 3.05) is 11.9 Å². The number of nitriles is 1. The fourth-order valence-electron chi connectivity index (χ4n) is 0.532. The van der Waals surface area contributed by atoms with E-state index in [9.17, 15) is 0 Å². The lowest BCUT2D eigenvalue weighted by molar-refractivity contribution is 1.34. The number of hydrogen-bond donors (Lipinski definition) is 1. The minimum atomic E-state index is 0.368. The number of anilines is 1. The summed E-state index contributed by atoms with van der Waals surface area (Å²) >= 11 is 4.89. The molecule has 0 aromatic carbocycles. The quantitative estimate of drug-likeness (QED) is 0.772. The maximum absolute atomic E-state index is 8.21. The maximum atomic E-state index is 8.21. The van der Waals surface area contributed by atoms with Gasteiger partial charge in [0.05, 0.1) is 11.1 Å². The molecule has 4 heteroatoms. The van der Waals surface area contributed by atoms with Crippen molar-refractivity contribution in [2.24, 2.45) is 0 Å². The van der Waals surface area contributed by atoms with Crippen molar-refractivity contribution in [3.63, 3.8) is 0 Å². The zero-order valence-electron chi connectivity index (χ0n) is 5.10. The van der Waals surface area contributed by atoms with Gasteiger partial charge in [0, 0.05) is 9.85 Å². The number of rotatable bonds is 2. The largest absolute Gasteiger partial charge is 0.364 e. The first-order chi connectivity index (χ1) is 4.83. The van der Waals surface area contributed by atoms with E-state index in [0.29, 0.717) is 6.54 Å². The van der Waals surface area contributed by atoms with Gasteiger partial charge in [-0.15, -0.1) is 11.3 Å². The Morgan fingerprint density at radius 3 is 3.10 bits per heavy atom. The highest BCUT2D eigenvalue weighted by atomic mass is 79.9. The molecule has 10 heavy (non-hydrogen) atoms. The van der Waals surface area contributed by atoms with Gasteiger partial charge in [-0.3, -0.25) is 0 Å². The Hall–Kier alpha value is -0.530. The Morgan fingerprint density at radius 1 is 1.80 bits per heavy atom. The number of nitrogens with zero attached hydrogens (tertiary/aromatic N) is 1. The molecule has 1 heterocycles. The Balaban J connectivity index is 2.52. The van der Waals surface area contributed by atoms with E-state index in [1.165, 1.54) is 0 Å². The van der Waals surface area contributed by atoms with E-state index in [-0.39, 0.29) is 0 Å². The van der Waals surface area contributed by atoms with E-state index in [0.717, 1.165) is 9.47 Å². The van der Waals surface area contributed by atoms with Gasteiger partial charge < -0.3 is 5.32 Å². The van der Waals surface area contributed by atoms with Crippen molar-refractivity contribution in [1.82, 2.24) is 0 Å². The predicted molar refractivity (Wildman–Crippen MR) is 46.1 cm³/mol. The molecule has 0 amide bonds. The number of halogens is 1. The van der Waals surface area contributed by atoms with Crippen LogP contribution in [0.25, 0.3) is 0 Å². The Morgan fingerprint density at radius 2 is 2.60 bits per heavy atom. The number of hydrogen-bond acceptors (Lipinski definition) is 3. The molecule has 0 aliphatic heterocycles. The highest BCUT2D eigenvalue weighted by molar-refractivity contribution is 9.10. The van der Waals surface area contributed by atoms with E-state index < -0.39 is 0 Å². The average Bonchev–Trinajstić information content (AvgIpc) is 2.31. The fourth-order valence-corrected chi connectivity index (χ4v) is 1.85. The second kappa shape index (κ2) is 3.59. The SMILES string of the molecule is N#CCNc1cc(Br)cs1. The van der Waals surface area contributed by atoms with E-state index in [1.54, 1.807) is 11.3 Å². The molecule has 0 bridgehead atoms. The summed E-state index contributed by atoms with van der Waals surface area (Å²) in [5.41, 5.74) is 0. The standard InChI is InChI=1S/C6H5BrN2S/c7-5-3-6(10-4-5)9-2-1-8/h3-4,9H,2H2. The van der Waals surface area contributed by atoms with E-state index in [4.69, 9.17) is 5.26 Å². The third-order valence-corrected chi connectivity index (χ3v) is 2.56. The second-order valence-corrected chi connectivity index (χ2v) is 3.47. The number of nitrogens with one attached hydrogen (secondary N) is 1. The molecule has 0 saturated carbocycles. The van der Waals surface area contributed by atoms with Gasteiger partial charge in [-0.2, -0.15) is 5.26 Å². The molecule has 0 saturated heterocycles. The topological polar surface area (TPSA) is 35.8 Å². The summed E-state index contributed by atoms with van der Waals surface area (Å²) < 4.78 is 1.05. The van der Waals surface area contributed by atoms with Gasteiger partial charge >= 0.3 is 0 Å². The highest BCUT2D eigenvalue weighted by Gasteiger charge is 1.93. The lowest BCUT2D eigenvalue weighted by Gasteiger charge is -1.91. The van der Waals surface area contributed by atoms with Crippen molar-refractivity contribution >= 4 is 32.3 Å². The molecule has 0 unspecified atom stereocenters. The maximum Gasteiger partial charge on any atom is 0.103 e. The third-order valence-electron chi connectivity index (χ3n) is 0.909. The third kappa shape index (κ3) is 2.01. The van der Waals surface area contributed by atoms with Gasteiger partial charge in [-0.05, 0) is 22.0 Å². The molecule has 0 atom stereocenters. The molecule has 2 nitrogen and oxygen atoms in total. The molecule has 1 aromatic rings. The van der Waals surface area contributed by atoms with Gasteiger partial charge in [-0.25, -0.2) is 0 Å². The van der Waals surface area contributed by atoms with E-state index >= 15 is 0 Å². The van der Waals surface area contributed by atoms with E-state index in [2.05, 4.69) is 21.2 Å². The Kier molecular flexibility index (Phi) is 2.72. The van der Waals surface area contributed by atoms with Crippen LogP contribution in [0.3, 0.4) is 0 Å². The molecule has 0 fully saturated rings. The summed E-state index contributed by atoms with van der Waals surface area (Å²) in [6.07, 6.45) is 0. The van der Waals surface area contributed by atoms with Crippen LogP contribution in [-0.2, 0) is 0 Å². The second-order valence-electron chi connectivity index (χ2n) is 1.64. The van der Waals surface area contributed by atoms with Gasteiger partial charge in [0.2, 0.25) is 0 Å². The van der Waals surface area contributed by atoms with Crippen LogP contribution in [-0.4, -0.2) is 6.54 Å². The molecule has 1 N–H and O–H groups in total. The first kappa shape index (κ1) is 7.58. The smallest absolute Gasteiger partial charge is 0.103 e. The van der Waals surface area contributed by atoms with Gasteiger partial charge in [0.15, 0.2) is 0 Å². The molecule has 0 aliphatic carbocycles. The van der Waals surface area contributed by atoms with E-state index in [1.807, 2.05) is 17.5 Å². The van der Waals surface area contributed by atoms with Crippen LogP contribution in [0.15, 0.2) is 15.9 Å². The first-order valence-electron chi connectivity index (χ1n) is 2.68. The zero-order chi connectivity index (χ0) is 7.40. The summed E-state index contributed by atoms with van der Waals surface area (Å²) in [5, 5.41) is 14.2. The highest BCUT2D eigenvalue weighted by Crippen LogP contribution is 2.23. The Bertz CT molecular complexity index is 250. The molecule has 1 aromatic heterocycles. The van der Waals surface area contributed by atoms with Crippen molar-refractivity contribution in [3.8, 4) is 6.07 Å². The minimum Gasteiger partial charge on any atom is -0.364 e. The summed E-state index contributed by atoms with van der Waals surface area (Å²) in [6.45, 7) is 0.368. The monoisotopic (exact) mass is 216 g/mol. The minimum absolute atomic E-state index is 0.368. The molecule has 52 valence electrons. The molecule has 0 spiro atoms. The van der Waals surface area contributed by atoms with Crippen molar-refractivity contribution < 1.29 is 0 Å². The van der Waals surface area contributed by atoms with Crippen molar-refractivity contribution in [1.29, 1.82) is 5.26 Å². The number of thiophene rings is 1. The summed E-state index contributed by atoms with van der Waals surface area (Å²) in [6, 6.07) is 3.95. The lowest BCUT2D eigenvalue weighted by atomic mass is 10.6. The zero-order valence-corrected chi connectivity index (χ0v) is 7.50. The van der Waals surface area contributed by atoms with Gasteiger partial charge in [0.1, 0.15) is 6.54 Å². The molecular formula is C6H5BrN2S. The summed E-state index contributed by atoms with van der Waals surface area (Å²) in [7, 11) is 0. The lowest BCUT2D eigenvalue weighted by Crippen LogP contribution is -1.94. The van der Waals surface area contributed by atoms with Crippen LogP contribution >= 0.6 is 27.3 Å². The van der Waals surface area contributed by atoms with Crippen LogP contribution in [0, 0.1) is 11.3 Å². The normalized spacial score (nSPS) is 8.80. The molecular weight excluding hydrogens is 212 g/mol. The predicted octanol–water partition coefficient (Wildman–Crippen LogP) is 2.45. The fraction of sp³-hybridized carbons (Fsp3) is 0.167. The summed E-state index contributed by atoms with van der Waals surface area (Å²) in [4.78, 5) is 0. The molecule has 1 rings (SSSR count). The van der Waals surface area contributed by atoms with Crippen LogP contribution < -0.4 is 5.32 Å². The van der Waals surface area contributed by atoms with Crippen molar-refractivity contribution in [3.05, 3.63) is 15.9 Å².